The molecule has 88 valence electrons. The molecule has 4 heteroatoms. The number of benzene rings is 1. The van der Waals surface area contributed by atoms with Gasteiger partial charge in [-0.25, -0.2) is 4.98 Å². The summed E-state index contributed by atoms with van der Waals surface area (Å²) in [5.41, 5.74) is 2.74. The number of rotatable bonds is 4. The van der Waals surface area contributed by atoms with Crippen molar-refractivity contribution in [2.24, 2.45) is 0 Å². The number of oxazole rings is 1. The first kappa shape index (κ1) is 11.4. The van der Waals surface area contributed by atoms with E-state index in [0.717, 1.165) is 5.56 Å². The van der Waals surface area contributed by atoms with Crippen molar-refractivity contribution in [1.29, 1.82) is 0 Å². The Balaban J connectivity index is 2.12. The number of nitrogens with zero attached hydrogens (tertiary/aromatic N) is 1. The van der Waals surface area contributed by atoms with Crippen LogP contribution in [0.3, 0.4) is 0 Å². The maximum atomic E-state index is 10.4. The summed E-state index contributed by atoms with van der Waals surface area (Å²) in [5, 5.41) is 8.57. The molecule has 4 nitrogen and oxygen atoms in total. The van der Waals surface area contributed by atoms with E-state index in [-0.39, 0.29) is 6.42 Å². The van der Waals surface area contributed by atoms with E-state index in [0.29, 0.717) is 18.0 Å². The summed E-state index contributed by atoms with van der Waals surface area (Å²) >= 11 is 0. The van der Waals surface area contributed by atoms with Crippen LogP contribution in [0.15, 0.2) is 34.9 Å². The van der Waals surface area contributed by atoms with E-state index in [9.17, 15) is 4.79 Å². The first-order valence-electron chi connectivity index (χ1n) is 5.38. The molecule has 0 radical (unpaired) electrons. The molecule has 0 bridgehead atoms. The number of aliphatic carboxylic acids is 1. The average Bonchev–Trinajstić information content (AvgIpc) is 2.76. The molecule has 1 aromatic heterocycles. The second kappa shape index (κ2) is 4.82. The molecule has 1 N–H and O–H groups in total. The minimum atomic E-state index is -0.829. The van der Waals surface area contributed by atoms with Gasteiger partial charge in [0.15, 0.2) is 0 Å². The number of aryl methyl sites for hydroxylation is 2. The Hall–Kier alpha value is -2.10. The van der Waals surface area contributed by atoms with E-state index in [1.54, 1.807) is 0 Å². The molecule has 0 fully saturated rings. The number of carboxylic acids is 1. The summed E-state index contributed by atoms with van der Waals surface area (Å²) in [7, 11) is 0. The Bertz CT molecular complexity index is 514. The summed E-state index contributed by atoms with van der Waals surface area (Å²) in [6.45, 7) is 2.01. The van der Waals surface area contributed by atoms with Crippen LogP contribution >= 0.6 is 0 Å². The van der Waals surface area contributed by atoms with Crippen LogP contribution in [0, 0.1) is 6.92 Å². The molecule has 0 spiro atoms. The lowest BCUT2D eigenvalue weighted by Crippen LogP contribution is -1.97. The molecular formula is C13H13NO3. The fourth-order valence-corrected chi connectivity index (χ4v) is 1.49. The zero-order valence-electron chi connectivity index (χ0n) is 9.51. The summed E-state index contributed by atoms with van der Waals surface area (Å²) in [6, 6.07) is 7.83. The third-order valence-corrected chi connectivity index (χ3v) is 2.45. The van der Waals surface area contributed by atoms with Gasteiger partial charge in [-0.3, -0.25) is 4.79 Å². The molecule has 1 heterocycles. The van der Waals surface area contributed by atoms with Gasteiger partial charge in [0, 0.05) is 12.0 Å². The Labute approximate surface area is 98.9 Å². The maximum Gasteiger partial charge on any atom is 0.303 e. The van der Waals surface area contributed by atoms with Crippen LogP contribution in [0.5, 0.6) is 0 Å². The molecule has 0 unspecified atom stereocenters. The molecule has 2 rings (SSSR count). The highest BCUT2D eigenvalue weighted by molar-refractivity contribution is 5.67. The summed E-state index contributed by atoms with van der Waals surface area (Å²) in [4.78, 5) is 14.7. The van der Waals surface area contributed by atoms with E-state index in [1.807, 2.05) is 31.2 Å². The first-order chi connectivity index (χ1) is 8.15. The van der Waals surface area contributed by atoms with Gasteiger partial charge in [-0.2, -0.15) is 0 Å². The van der Waals surface area contributed by atoms with Crippen molar-refractivity contribution < 1.29 is 14.3 Å². The van der Waals surface area contributed by atoms with Crippen LogP contribution in [-0.2, 0) is 11.2 Å². The molecule has 0 saturated carbocycles. The normalized spacial score (nSPS) is 10.4. The lowest BCUT2D eigenvalue weighted by molar-refractivity contribution is -0.136. The van der Waals surface area contributed by atoms with Crippen molar-refractivity contribution in [3.63, 3.8) is 0 Å². The minimum absolute atomic E-state index is 0.0693. The van der Waals surface area contributed by atoms with Gasteiger partial charge in [0.1, 0.15) is 6.26 Å². The smallest absolute Gasteiger partial charge is 0.303 e. The molecule has 1 aromatic carbocycles. The molecule has 17 heavy (non-hydrogen) atoms. The van der Waals surface area contributed by atoms with Gasteiger partial charge < -0.3 is 9.52 Å². The maximum absolute atomic E-state index is 10.4. The molecule has 0 saturated heterocycles. The predicted molar refractivity (Wildman–Crippen MR) is 62.6 cm³/mol. The monoisotopic (exact) mass is 231 g/mol. The molecule has 2 aromatic rings. The fourth-order valence-electron chi connectivity index (χ4n) is 1.49. The van der Waals surface area contributed by atoms with Crippen molar-refractivity contribution in [3.05, 3.63) is 41.8 Å². The van der Waals surface area contributed by atoms with Gasteiger partial charge in [-0.1, -0.05) is 17.7 Å². The topological polar surface area (TPSA) is 63.3 Å². The number of aromatic nitrogens is 1. The van der Waals surface area contributed by atoms with Crippen molar-refractivity contribution in [1.82, 2.24) is 4.98 Å². The number of carbonyl (C=O) groups is 1. The van der Waals surface area contributed by atoms with Crippen LogP contribution < -0.4 is 0 Å². The highest BCUT2D eigenvalue weighted by Crippen LogP contribution is 2.19. The van der Waals surface area contributed by atoms with Crippen LogP contribution in [0.25, 0.3) is 11.5 Å². The molecular weight excluding hydrogens is 218 g/mol. The van der Waals surface area contributed by atoms with Gasteiger partial charge in [-0.15, -0.1) is 0 Å². The van der Waals surface area contributed by atoms with Crippen molar-refractivity contribution >= 4 is 5.97 Å². The standard InChI is InChI=1S/C13H13NO3/c1-9-2-4-10(5-3-9)13-14-11(8-17-13)6-7-12(15)16/h2-5,8H,6-7H2,1H3,(H,15,16). The lowest BCUT2D eigenvalue weighted by atomic mass is 10.1. The molecule has 0 aliphatic carbocycles. The van der Waals surface area contributed by atoms with Gasteiger partial charge in [-0.05, 0) is 19.1 Å². The van der Waals surface area contributed by atoms with E-state index in [4.69, 9.17) is 9.52 Å². The Morgan fingerprint density at radius 2 is 2.06 bits per heavy atom. The van der Waals surface area contributed by atoms with Crippen LogP contribution in [0.2, 0.25) is 0 Å². The van der Waals surface area contributed by atoms with E-state index in [2.05, 4.69) is 4.98 Å². The number of carboxylic acid groups (broad SMARTS) is 1. The summed E-state index contributed by atoms with van der Waals surface area (Å²) < 4.78 is 5.32. The Kier molecular flexibility index (Phi) is 3.23. The number of hydrogen-bond acceptors (Lipinski definition) is 3. The fraction of sp³-hybridized carbons (Fsp3) is 0.231. The van der Waals surface area contributed by atoms with Gasteiger partial charge in [0.05, 0.1) is 12.1 Å². The van der Waals surface area contributed by atoms with E-state index >= 15 is 0 Å². The average molecular weight is 231 g/mol. The zero-order valence-corrected chi connectivity index (χ0v) is 9.51. The van der Waals surface area contributed by atoms with Crippen LogP contribution in [0.1, 0.15) is 17.7 Å². The third-order valence-electron chi connectivity index (χ3n) is 2.45. The first-order valence-corrected chi connectivity index (χ1v) is 5.38. The highest BCUT2D eigenvalue weighted by Gasteiger charge is 2.07. The molecule has 0 aliphatic rings. The van der Waals surface area contributed by atoms with Crippen molar-refractivity contribution in [2.75, 3.05) is 0 Å². The predicted octanol–water partition coefficient (Wildman–Crippen LogP) is 2.67. The largest absolute Gasteiger partial charge is 0.481 e. The van der Waals surface area contributed by atoms with Crippen molar-refractivity contribution in [3.8, 4) is 11.5 Å². The highest BCUT2D eigenvalue weighted by atomic mass is 16.4. The van der Waals surface area contributed by atoms with Gasteiger partial charge in [0.25, 0.3) is 0 Å². The van der Waals surface area contributed by atoms with Crippen molar-refractivity contribution in [2.45, 2.75) is 19.8 Å². The Morgan fingerprint density at radius 1 is 1.35 bits per heavy atom. The molecule has 0 aliphatic heterocycles. The SMILES string of the molecule is Cc1ccc(-c2nc(CCC(=O)O)co2)cc1. The lowest BCUT2D eigenvalue weighted by Gasteiger charge is -1.95. The third kappa shape index (κ3) is 2.93. The van der Waals surface area contributed by atoms with Crippen LogP contribution in [0.4, 0.5) is 0 Å². The van der Waals surface area contributed by atoms with Crippen LogP contribution in [-0.4, -0.2) is 16.1 Å². The Morgan fingerprint density at radius 3 is 2.71 bits per heavy atom. The summed E-state index contributed by atoms with van der Waals surface area (Å²) in [6.07, 6.45) is 1.97. The quantitative estimate of drug-likeness (QED) is 0.878. The zero-order chi connectivity index (χ0) is 12.3. The van der Waals surface area contributed by atoms with E-state index < -0.39 is 5.97 Å². The van der Waals surface area contributed by atoms with Gasteiger partial charge in [0.2, 0.25) is 5.89 Å². The molecule has 0 amide bonds. The second-order valence-corrected chi connectivity index (χ2v) is 3.90. The second-order valence-electron chi connectivity index (χ2n) is 3.90. The van der Waals surface area contributed by atoms with Gasteiger partial charge >= 0.3 is 5.97 Å². The number of hydrogen-bond donors (Lipinski definition) is 1. The molecule has 0 atom stereocenters. The van der Waals surface area contributed by atoms with E-state index in [1.165, 1.54) is 11.8 Å². The minimum Gasteiger partial charge on any atom is -0.481 e. The summed E-state index contributed by atoms with van der Waals surface area (Å²) in [5.74, 6) is -0.296.